The lowest BCUT2D eigenvalue weighted by Crippen LogP contribution is -2.20. The van der Waals surface area contributed by atoms with Crippen LogP contribution < -0.4 is 5.32 Å². The molecule has 0 saturated heterocycles. The molecule has 2 N–H and O–H groups in total. The Morgan fingerprint density at radius 3 is 2.45 bits per heavy atom. The number of anilines is 1. The maximum Gasteiger partial charge on any atom is 0.330 e. The van der Waals surface area contributed by atoms with E-state index in [9.17, 15) is 14.3 Å². The van der Waals surface area contributed by atoms with Crippen LogP contribution in [0.4, 0.5) is 10.1 Å². The van der Waals surface area contributed by atoms with Gasteiger partial charge in [0.1, 0.15) is 5.82 Å². The molecule has 0 aliphatic carbocycles. The Kier molecular flexibility index (Phi) is 4.62. The van der Waals surface area contributed by atoms with Gasteiger partial charge in [0.15, 0.2) is 6.04 Å². The first-order chi connectivity index (χ1) is 9.47. The molecule has 0 amide bonds. The highest BCUT2D eigenvalue weighted by Crippen LogP contribution is 2.25. The number of carbonyl (C=O) groups is 1. The summed E-state index contributed by atoms with van der Waals surface area (Å²) in [5, 5.41) is 12.7. The Morgan fingerprint density at radius 2 is 1.90 bits per heavy atom. The molecule has 20 heavy (non-hydrogen) atoms. The smallest absolute Gasteiger partial charge is 0.330 e. The van der Waals surface area contributed by atoms with E-state index in [4.69, 9.17) is 11.6 Å². The van der Waals surface area contributed by atoms with Gasteiger partial charge in [-0.15, -0.1) is 0 Å². The van der Waals surface area contributed by atoms with Crippen LogP contribution in [0.1, 0.15) is 11.6 Å². The van der Waals surface area contributed by atoms with E-state index in [0.29, 0.717) is 16.3 Å². The van der Waals surface area contributed by atoms with Gasteiger partial charge in [-0.3, -0.25) is 0 Å². The monoisotopic (exact) mass is 357 g/mol. The van der Waals surface area contributed by atoms with E-state index in [1.807, 2.05) is 0 Å². The van der Waals surface area contributed by atoms with Gasteiger partial charge in [0.2, 0.25) is 0 Å². The Hall–Kier alpha value is -1.59. The quantitative estimate of drug-likeness (QED) is 0.847. The van der Waals surface area contributed by atoms with E-state index >= 15 is 0 Å². The number of rotatable bonds is 4. The van der Waals surface area contributed by atoms with E-state index in [1.165, 1.54) is 18.2 Å². The Morgan fingerprint density at radius 1 is 1.25 bits per heavy atom. The summed E-state index contributed by atoms with van der Waals surface area (Å²) in [7, 11) is 0. The molecule has 2 aromatic rings. The average Bonchev–Trinajstić information content (AvgIpc) is 2.41. The van der Waals surface area contributed by atoms with Crippen LogP contribution >= 0.6 is 27.5 Å². The molecule has 0 aliphatic heterocycles. The SMILES string of the molecule is O=C(O)C(Nc1ccc(Cl)cc1)c1ccc(F)c(Br)c1. The first-order valence-electron chi connectivity index (χ1n) is 5.67. The minimum atomic E-state index is -1.06. The number of nitrogens with one attached hydrogen (secondary N) is 1. The summed E-state index contributed by atoms with van der Waals surface area (Å²) in [6.07, 6.45) is 0. The van der Waals surface area contributed by atoms with Crippen LogP contribution in [0.3, 0.4) is 0 Å². The van der Waals surface area contributed by atoms with Gasteiger partial charge in [0.25, 0.3) is 0 Å². The zero-order valence-corrected chi connectivity index (χ0v) is 12.5. The van der Waals surface area contributed by atoms with Crippen molar-refractivity contribution in [2.45, 2.75) is 6.04 Å². The number of halogens is 3. The lowest BCUT2D eigenvalue weighted by molar-refractivity contribution is -0.138. The van der Waals surface area contributed by atoms with Crippen LogP contribution in [0.2, 0.25) is 5.02 Å². The molecule has 2 aromatic carbocycles. The number of benzene rings is 2. The van der Waals surface area contributed by atoms with Crippen molar-refractivity contribution in [2.24, 2.45) is 0 Å². The van der Waals surface area contributed by atoms with Crippen molar-refractivity contribution < 1.29 is 14.3 Å². The number of aliphatic carboxylic acids is 1. The highest BCUT2D eigenvalue weighted by Gasteiger charge is 2.20. The molecular weight excluding hydrogens is 349 g/mol. The van der Waals surface area contributed by atoms with Crippen LogP contribution in [-0.2, 0) is 4.79 Å². The summed E-state index contributed by atoms with van der Waals surface area (Å²) < 4.78 is 13.4. The summed E-state index contributed by atoms with van der Waals surface area (Å²) in [5.74, 6) is -1.50. The topological polar surface area (TPSA) is 49.3 Å². The number of carboxylic acid groups (broad SMARTS) is 1. The third kappa shape index (κ3) is 3.49. The molecular formula is C14H10BrClFNO2. The van der Waals surface area contributed by atoms with Crippen molar-refractivity contribution in [2.75, 3.05) is 5.32 Å². The van der Waals surface area contributed by atoms with Gasteiger partial charge in [-0.25, -0.2) is 9.18 Å². The van der Waals surface area contributed by atoms with Gasteiger partial charge < -0.3 is 10.4 Å². The van der Waals surface area contributed by atoms with Crippen LogP contribution in [0.25, 0.3) is 0 Å². The number of hydrogen-bond acceptors (Lipinski definition) is 2. The highest BCUT2D eigenvalue weighted by molar-refractivity contribution is 9.10. The fourth-order valence-electron chi connectivity index (χ4n) is 1.69. The van der Waals surface area contributed by atoms with Crippen molar-refractivity contribution in [3.05, 3.63) is 63.3 Å². The lowest BCUT2D eigenvalue weighted by atomic mass is 10.1. The zero-order valence-electron chi connectivity index (χ0n) is 10.1. The first kappa shape index (κ1) is 14.8. The van der Waals surface area contributed by atoms with Crippen LogP contribution in [0, 0.1) is 5.82 Å². The predicted molar refractivity (Wildman–Crippen MR) is 79.6 cm³/mol. The van der Waals surface area contributed by atoms with Crippen molar-refractivity contribution >= 4 is 39.2 Å². The van der Waals surface area contributed by atoms with Crippen LogP contribution in [0.15, 0.2) is 46.9 Å². The van der Waals surface area contributed by atoms with E-state index in [-0.39, 0.29) is 4.47 Å². The molecule has 0 fully saturated rings. The first-order valence-corrected chi connectivity index (χ1v) is 6.84. The Bertz CT molecular complexity index is 634. The van der Waals surface area contributed by atoms with E-state index in [2.05, 4.69) is 21.2 Å². The lowest BCUT2D eigenvalue weighted by Gasteiger charge is -2.16. The Labute approximate surface area is 128 Å². The molecule has 2 rings (SSSR count). The van der Waals surface area contributed by atoms with E-state index in [1.54, 1.807) is 24.3 Å². The molecule has 0 aliphatic rings. The molecule has 6 heteroatoms. The maximum absolute atomic E-state index is 13.2. The third-order valence-electron chi connectivity index (χ3n) is 2.68. The third-order valence-corrected chi connectivity index (χ3v) is 3.54. The fraction of sp³-hybridized carbons (Fsp3) is 0.0714. The van der Waals surface area contributed by atoms with Gasteiger partial charge in [-0.2, -0.15) is 0 Å². The molecule has 0 heterocycles. The molecule has 0 saturated carbocycles. The zero-order chi connectivity index (χ0) is 14.7. The Balaban J connectivity index is 2.29. The summed E-state index contributed by atoms with van der Waals surface area (Å²) in [5.41, 5.74) is 1.06. The minimum absolute atomic E-state index is 0.221. The maximum atomic E-state index is 13.2. The summed E-state index contributed by atoms with van der Waals surface area (Å²) in [6.45, 7) is 0. The number of hydrogen-bond donors (Lipinski definition) is 2. The van der Waals surface area contributed by atoms with Crippen molar-refractivity contribution in [3.8, 4) is 0 Å². The molecule has 0 bridgehead atoms. The molecule has 1 unspecified atom stereocenters. The summed E-state index contributed by atoms with van der Waals surface area (Å²) >= 11 is 8.82. The van der Waals surface area contributed by atoms with E-state index in [0.717, 1.165) is 0 Å². The highest BCUT2D eigenvalue weighted by atomic mass is 79.9. The van der Waals surface area contributed by atoms with Gasteiger partial charge in [0.05, 0.1) is 4.47 Å². The largest absolute Gasteiger partial charge is 0.479 e. The molecule has 0 spiro atoms. The van der Waals surface area contributed by atoms with Crippen molar-refractivity contribution in [1.82, 2.24) is 0 Å². The van der Waals surface area contributed by atoms with Gasteiger partial charge >= 0.3 is 5.97 Å². The standard InChI is InChI=1S/C14H10BrClFNO2/c15-11-7-8(1-6-12(11)17)13(14(19)20)18-10-4-2-9(16)3-5-10/h1-7,13,18H,(H,19,20). The van der Waals surface area contributed by atoms with Gasteiger partial charge in [0, 0.05) is 10.7 Å². The molecule has 3 nitrogen and oxygen atoms in total. The summed E-state index contributed by atoms with van der Waals surface area (Å²) in [6, 6.07) is 9.78. The predicted octanol–water partition coefficient (Wildman–Crippen LogP) is 4.48. The second-order valence-electron chi connectivity index (χ2n) is 4.10. The van der Waals surface area contributed by atoms with Crippen molar-refractivity contribution in [1.29, 1.82) is 0 Å². The molecule has 104 valence electrons. The van der Waals surface area contributed by atoms with Gasteiger partial charge in [-0.1, -0.05) is 17.7 Å². The van der Waals surface area contributed by atoms with Crippen LogP contribution in [-0.4, -0.2) is 11.1 Å². The molecule has 0 radical (unpaired) electrons. The normalized spacial score (nSPS) is 11.9. The molecule has 1 atom stereocenters. The fourth-order valence-corrected chi connectivity index (χ4v) is 2.21. The van der Waals surface area contributed by atoms with Crippen LogP contribution in [0.5, 0.6) is 0 Å². The van der Waals surface area contributed by atoms with E-state index < -0.39 is 17.8 Å². The van der Waals surface area contributed by atoms with Gasteiger partial charge in [-0.05, 0) is 57.9 Å². The minimum Gasteiger partial charge on any atom is -0.479 e. The number of carboxylic acids is 1. The second-order valence-corrected chi connectivity index (χ2v) is 5.39. The second kappa shape index (κ2) is 6.24. The summed E-state index contributed by atoms with van der Waals surface area (Å²) in [4.78, 5) is 11.4. The van der Waals surface area contributed by atoms with Crippen molar-refractivity contribution in [3.63, 3.8) is 0 Å². The molecule has 0 aromatic heterocycles. The average molecular weight is 359 g/mol.